The zero-order valence-corrected chi connectivity index (χ0v) is 10.4. The minimum atomic E-state index is -1.38. The van der Waals surface area contributed by atoms with Gasteiger partial charge in [-0.3, -0.25) is 0 Å². The maximum atomic E-state index is 13.9. The van der Waals surface area contributed by atoms with Crippen molar-refractivity contribution in [1.29, 1.82) is 0 Å². The molecule has 0 radical (unpaired) electrons. The van der Waals surface area contributed by atoms with E-state index in [0.717, 1.165) is 24.5 Å². The molecule has 0 saturated carbocycles. The standard InChI is InChI=1S/C13H10F2N2O3/c1-2-9-11(15)12(17-6-16-9)20-10-4-3-7(14)5-8(10)13(18)19/h3-6H,2H2,1H3,(H,18,19). The van der Waals surface area contributed by atoms with Gasteiger partial charge in [0.25, 0.3) is 5.88 Å². The monoisotopic (exact) mass is 280 g/mol. The minimum absolute atomic E-state index is 0.147. The van der Waals surface area contributed by atoms with Crippen LogP contribution in [0.3, 0.4) is 0 Å². The Balaban J connectivity index is 2.42. The fourth-order valence-corrected chi connectivity index (χ4v) is 1.57. The Morgan fingerprint density at radius 2 is 2.10 bits per heavy atom. The third kappa shape index (κ3) is 2.71. The van der Waals surface area contributed by atoms with E-state index in [0.29, 0.717) is 6.42 Å². The molecule has 1 aromatic carbocycles. The second-order valence-electron chi connectivity index (χ2n) is 3.84. The molecule has 0 aliphatic rings. The van der Waals surface area contributed by atoms with Crippen molar-refractivity contribution in [1.82, 2.24) is 9.97 Å². The van der Waals surface area contributed by atoms with Gasteiger partial charge in [0.2, 0.25) is 5.82 Å². The average Bonchev–Trinajstić information content (AvgIpc) is 2.42. The van der Waals surface area contributed by atoms with Gasteiger partial charge < -0.3 is 9.84 Å². The lowest BCUT2D eigenvalue weighted by atomic mass is 10.2. The van der Waals surface area contributed by atoms with E-state index in [1.165, 1.54) is 0 Å². The molecule has 7 heteroatoms. The molecule has 0 aliphatic carbocycles. The largest absolute Gasteiger partial charge is 0.478 e. The first kappa shape index (κ1) is 13.9. The van der Waals surface area contributed by atoms with Crippen LogP contribution in [-0.2, 0) is 6.42 Å². The SMILES string of the molecule is CCc1ncnc(Oc2ccc(F)cc2C(=O)O)c1F. The van der Waals surface area contributed by atoms with Crippen molar-refractivity contribution in [2.24, 2.45) is 0 Å². The summed E-state index contributed by atoms with van der Waals surface area (Å²) in [7, 11) is 0. The molecule has 0 unspecified atom stereocenters. The van der Waals surface area contributed by atoms with Crippen LogP contribution in [0.25, 0.3) is 0 Å². The Kier molecular flexibility index (Phi) is 3.88. The summed E-state index contributed by atoms with van der Waals surface area (Å²) >= 11 is 0. The number of carboxylic acids is 1. The molecule has 20 heavy (non-hydrogen) atoms. The summed E-state index contributed by atoms with van der Waals surface area (Å²) < 4.78 is 32.1. The molecule has 0 amide bonds. The smallest absolute Gasteiger partial charge is 0.339 e. The van der Waals surface area contributed by atoms with E-state index in [4.69, 9.17) is 9.84 Å². The van der Waals surface area contributed by atoms with Crippen LogP contribution >= 0.6 is 0 Å². The van der Waals surface area contributed by atoms with Crippen molar-refractivity contribution >= 4 is 5.97 Å². The van der Waals surface area contributed by atoms with Gasteiger partial charge in [0.15, 0.2) is 0 Å². The van der Waals surface area contributed by atoms with E-state index in [9.17, 15) is 13.6 Å². The number of rotatable bonds is 4. The van der Waals surface area contributed by atoms with E-state index >= 15 is 0 Å². The lowest BCUT2D eigenvalue weighted by Crippen LogP contribution is -2.04. The normalized spacial score (nSPS) is 10.3. The quantitative estimate of drug-likeness (QED) is 0.932. The zero-order valence-electron chi connectivity index (χ0n) is 10.4. The van der Waals surface area contributed by atoms with Crippen LogP contribution in [0.5, 0.6) is 11.6 Å². The number of halogens is 2. The van der Waals surface area contributed by atoms with E-state index in [1.807, 2.05) is 0 Å². The summed E-state index contributed by atoms with van der Waals surface area (Å²) in [6.45, 7) is 1.70. The number of carbonyl (C=O) groups is 1. The second kappa shape index (κ2) is 5.60. The molecular formula is C13H10F2N2O3. The first-order valence-electron chi connectivity index (χ1n) is 5.73. The van der Waals surface area contributed by atoms with Crippen molar-refractivity contribution in [3.8, 4) is 11.6 Å². The Bertz CT molecular complexity index is 662. The molecule has 1 N–H and O–H groups in total. The van der Waals surface area contributed by atoms with Crippen molar-refractivity contribution in [2.75, 3.05) is 0 Å². The number of hydrogen-bond donors (Lipinski definition) is 1. The predicted molar refractivity (Wildman–Crippen MR) is 64.8 cm³/mol. The van der Waals surface area contributed by atoms with Crippen molar-refractivity contribution in [2.45, 2.75) is 13.3 Å². The van der Waals surface area contributed by atoms with Crippen LogP contribution in [0, 0.1) is 11.6 Å². The molecule has 0 fully saturated rings. The van der Waals surface area contributed by atoms with Gasteiger partial charge in [0.1, 0.15) is 23.5 Å². The van der Waals surface area contributed by atoms with Gasteiger partial charge in [-0.1, -0.05) is 6.92 Å². The Morgan fingerprint density at radius 1 is 1.35 bits per heavy atom. The number of nitrogens with zero attached hydrogens (tertiary/aromatic N) is 2. The van der Waals surface area contributed by atoms with E-state index < -0.39 is 29.0 Å². The van der Waals surface area contributed by atoms with Crippen molar-refractivity contribution in [3.05, 3.63) is 47.4 Å². The highest BCUT2D eigenvalue weighted by Crippen LogP contribution is 2.27. The Labute approximate surface area is 112 Å². The molecule has 1 heterocycles. The summed E-state index contributed by atoms with van der Waals surface area (Å²) in [6.07, 6.45) is 1.45. The lowest BCUT2D eigenvalue weighted by molar-refractivity contribution is 0.0693. The third-order valence-corrected chi connectivity index (χ3v) is 2.54. The summed E-state index contributed by atoms with van der Waals surface area (Å²) in [5.41, 5.74) is -0.268. The van der Waals surface area contributed by atoms with Gasteiger partial charge in [-0.15, -0.1) is 0 Å². The molecular weight excluding hydrogens is 270 g/mol. The highest BCUT2D eigenvalue weighted by atomic mass is 19.1. The highest BCUT2D eigenvalue weighted by Gasteiger charge is 2.17. The molecule has 5 nitrogen and oxygen atoms in total. The molecule has 0 spiro atoms. The second-order valence-corrected chi connectivity index (χ2v) is 3.84. The number of aryl methyl sites for hydroxylation is 1. The van der Waals surface area contributed by atoms with Crippen LogP contribution in [0.1, 0.15) is 23.0 Å². The maximum Gasteiger partial charge on any atom is 0.339 e. The molecule has 2 aromatic rings. The Morgan fingerprint density at radius 3 is 2.75 bits per heavy atom. The predicted octanol–water partition coefficient (Wildman–Crippen LogP) is 2.81. The van der Waals surface area contributed by atoms with Crippen LogP contribution in [0.2, 0.25) is 0 Å². The molecule has 0 aliphatic heterocycles. The van der Waals surface area contributed by atoms with Gasteiger partial charge in [-0.25, -0.2) is 14.2 Å². The van der Waals surface area contributed by atoms with E-state index in [2.05, 4.69) is 9.97 Å². The fraction of sp³-hybridized carbons (Fsp3) is 0.154. The van der Waals surface area contributed by atoms with Crippen LogP contribution < -0.4 is 4.74 Å². The average molecular weight is 280 g/mol. The molecule has 104 valence electrons. The molecule has 1 aromatic heterocycles. The van der Waals surface area contributed by atoms with Gasteiger partial charge in [0, 0.05) is 0 Å². The van der Waals surface area contributed by atoms with E-state index in [1.54, 1.807) is 6.92 Å². The van der Waals surface area contributed by atoms with Gasteiger partial charge in [-0.05, 0) is 24.6 Å². The fourth-order valence-electron chi connectivity index (χ4n) is 1.57. The molecule has 0 atom stereocenters. The van der Waals surface area contributed by atoms with Gasteiger partial charge in [0.05, 0.1) is 5.69 Å². The maximum absolute atomic E-state index is 13.9. The first-order valence-corrected chi connectivity index (χ1v) is 5.73. The minimum Gasteiger partial charge on any atom is -0.478 e. The van der Waals surface area contributed by atoms with E-state index in [-0.39, 0.29) is 11.4 Å². The summed E-state index contributed by atoms with van der Waals surface area (Å²) in [4.78, 5) is 18.3. The zero-order chi connectivity index (χ0) is 14.7. The lowest BCUT2D eigenvalue weighted by Gasteiger charge is -2.09. The van der Waals surface area contributed by atoms with Crippen molar-refractivity contribution in [3.63, 3.8) is 0 Å². The Hall–Kier alpha value is -2.57. The summed E-state index contributed by atoms with van der Waals surface area (Å²) in [6, 6.07) is 2.91. The molecule has 0 bridgehead atoms. The summed E-state index contributed by atoms with van der Waals surface area (Å²) in [5, 5.41) is 8.97. The van der Waals surface area contributed by atoms with Crippen LogP contribution in [0.15, 0.2) is 24.5 Å². The number of aromatic nitrogens is 2. The summed E-state index contributed by atoms with van der Waals surface area (Å²) in [5.74, 6) is -3.47. The van der Waals surface area contributed by atoms with Gasteiger partial charge in [-0.2, -0.15) is 9.37 Å². The topological polar surface area (TPSA) is 72.3 Å². The number of aromatic carboxylic acids is 1. The van der Waals surface area contributed by atoms with Gasteiger partial charge >= 0.3 is 5.97 Å². The number of carboxylic acid groups (broad SMARTS) is 1. The number of ether oxygens (including phenoxy) is 1. The number of benzene rings is 1. The molecule has 0 saturated heterocycles. The number of hydrogen-bond acceptors (Lipinski definition) is 4. The first-order chi connectivity index (χ1) is 9.52. The third-order valence-electron chi connectivity index (χ3n) is 2.54. The van der Waals surface area contributed by atoms with Crippen LogP contribution in [-0.4, -0.2) is 21.0 Å². The van der Waals surface area contributed by atoms with Crippen LogP contribution in [0.4, 0.5) is 8.78 Å². The van der Waals surface area contributed by atoms with Crippen molar-refractivity contribution < 1.29 is 23.4 Å². The molecule has 2 rings (SSSR count). The highest BCUT2D eigenvalue weighted by molar-refractivity contribution is 5.90.